The van der Waals surface area contributed by atoms with Gasteiger partial charge in [-0.15, -0.1) is 5.10 Å². The van der Waals surface area contributed by atoms with Gasteiger partial charge in [0.05, 0.1) is 18.3 Å². The fraction of sp³-hybridized carbons (Fsp3) is 0.667. The first-order valence-electron chi connectivity index (χ1n) is 3.14. The third-order valence-electron chi connectivity index (χ3n) is 1.43. The Balaban J connectivity index is 2.85. The third kappa shape index (κ3) is 1.16. The van der Waals surface area contributed by atoms with Gasteiger partial charge in [-0.25, -0.2) is 4.68 Å². The molecular formula is C6H11N3O. The zero-order valence-corrected chi connectivity index (χ0v) is 6.15. The molecule has 0 unspecified atom stereocenters. The summed E-state index contributed by atoms with van der Waals surface area (Å²) in [6, 6.07) is 0. The Morgan fingerprint density at radius 1 is 1.60 bits per heavy atom. The van der Waals surface area contributed by atoms with E-state index in [2.05, 4.69) is 10.3 Å². The van der Waals surface area contributed by atoms with E-state index in [0.717, 1.165) is 0 Å². The molecule has 56 valence electrons. The third-order valence-corrected chi connectivity index (χ3v) is 1.43. The van der Waals surface area contributed by atoms with Crippen molar-refractivity contribution in [2.45, 2.75) is 19.4 Å². The molecule has 1 N–H and O–H groups in total. The molecule has 0 spiro atoms. The molecule has 0 atom stereocenters. The predicted molar refractivity (Wildman–Crippen MR) is 36.4 cm³/mol. The monoisotopic (exact) mass is 141 g/mol. The van der Waals surface area contributed by atoms with Crippen LogP contribution in [-0.4, -0.2) is 26.7 Å². The van der Waals surface area contributed by atoms with E-state index < -0.39 is 0 Å². The van der Waals surface area contributed by atoms with Gasteiger partial charge in [0.2, 0.25) is 0 Å². The summed E-state index contributed by atoms with van der Waals surface area (Å²) >= 11 is 0. The molecule has 0 saturated heterocycles. The average Bonchev–Trinajstić information content (AvgIpc) is 2.38. The van der Waals surface area contributed by atoms with Crippen LogP contribution < -0.4 is 0 Å². The Labute approximate surface area is 59.5 Å². The smallest absolute Gasteiger partial charge is 0.0818 e. The molecule has 4 nitrogen and oxygen atoms in total. The Morgan fingerprint density at radius 2 is 2.30 bits per heavy atom. The molecule has 0 radical (unpaired) electrons. The average molecular weight is 141 g/mol. The minimum absolute atomic E-state index is 0.0658. The topological polar surface area (TPSA) is 50.9 Å². The minimum atomic E-state index is -0.337. The molecule has 0 fully saturated rings. The number of nitrogens with zero attached hydrogens (tertiary/aromatic N) is 3. The summed E-state index contributed by atoms with van der Waals surface area (Å²) in [5.74, 6) is 0. The summed E-state index contributed by atoms with van der Waals surface area (Å²) in [5.41, 5.74) is -0.337. The molecule has 1 rings (SSSR count). The molecule has 0 aliphatic heterocycles. The second-order valence-electron chi connectivity index (χ2n) is 2.82. The van der Waals surface area contributed by atoms with Crippen molar-refractivity contribution in [1.82, 2.24) is 15.0 Å². The summed E-state index contributed by atoms with van der Waals surface area (Å²) in [6.45, 7) is 3.85. The predicted octanol–water partition coefficient (Wildman–Crippen LogP) is 0.00550. The lowest BCUT2D eigenvalue weighted by atomic mass is 10.1. The van der Waals surface area contributed by atoms with Gasteiger partial charge in [0.15, 0.2) is 0 Å². The van der Waals surface area contributed by atoms with E-state index in [1.165, 1.54) is 0 Å². The summed E-state index contributed by atoms with van der Waals surface area (Å²) < 4.78 is 1.63. The summed E-state index contributed by atoms with van der Waals surface area (Å²) in [4.78, 5) is 0. The van der Waals surface area contributed by atoms with Crippen molar-refractivity contribution in [3.63, 3.8) is 0 Å². The van der Waals surface area contributed by atoms with Crippen LogP contribution in [0, 0.1) is 0 Å². The van der Waals surface area contributed by atoms with Gasteiger partial charge in [-0.05, 0) is 13.8 Å². The summed E-state index contributed by atoms with van der Waals surface area (Å²) in [7, 11) is 0. The van der Waals surface area contributed by atoms with E-state index in [1.54, 1.807) is 17.1 Å². The highest BCUT2D eigenvalue weighted by Gasteiger charge is 2.18. The maximum atomic E-state index is 8.88. The Morgan fingerprint density at radius 3 is 2.70 bits per heavy atom. The zero-order valence-electron chi connectivity index (χ0n) is 6.15. The van der Waals surface area contributed by atoms with Crippen molar-refractivity contribution in [3.05, 3.63) is 12.4 Å². The Hall–Kier alpha value is -0.900. The van der Waals surface area contributed by atoms with Crippen LogP contribution in [0.4, 0.5) is 0 Å². The fourth-order valence-corrected chi connectivity index (χ4v) is 0.604. The number of rotatable bonds is 2. The highest BCUT2D eigenvalue weighted by Crippen LogP contribution is 2.09. The van der Waals surface area contributed by atoms with Crippen LogP contribution in [0.1, 0.15) is 13.8 Å². The maximum absolute atomic E-state index is 8.88. The zero-order chi connectivity index (χ0) is 7.61. The molecule has 10 heavy (non-hydrogen) atoms. The van der Waals surface area contributed by atoms with Crippen molar-refractivity contribution in [3.8, 4) is 0 Å². The molecule has 0 saturated carbocycles. The molecule has 0 bridgehead atoms. The van der Waals surface area contributed by atoms with Crippen LogP contribution in [0.25, 0.3) is 0 Å². The van der Waals surface area contributed by atoms with Crippen molar-refractivity contribution >= 4 is 0 Å². The molecule has 1 aromatic rings. The Kier molecular flexibility index (Phi) is 1.72. The van der Waals surface area contributed by atoms with Gasteiger partial charge in [-0.3, -0.25) is 0 Å². The quantitative estimate of drug-likeness (QED) is 0.631. The molecule has 1 aromatic heterocycles. The van der Waals surface area contributed by atoms with Gasteiger partial charge in [0.1, 0.15) is 0 Å². The summed E-state index contributed by atoms with van der Waals surface area (Å²) in [6.07, 6.45) is 3.33. The van der Waals surface area contributed by atoms with Gasteiger partial charge in [0, 0.05) is 6.20 Å². The first-order chi connectivity index (χ1) is 4.67. The van der Waals surface area contributed by atoms with Gasteiger partial charge in [-0.1, -0.05) is 5.21 Å². The number of hydrogen-bond acceptors (Lipinski definition) is 3. The molecule has 0 aromatic carbocycles. The highest BCUT2D eigenvalue weighted by molar-refractivity contribution is 4.78. The van der Waals surface area contributed by atoms with Gasteiger partial charge < -0.3 is 5.11 Å². The van der Waals surface area contributed by atoms with E-state index in [-0.39, 0.29) is 12.1 Å². The van der Waals surface area contributed by atoms with Crippen molar-refractivity contribution in [2.75, 3.05) is 6.61 Å². The standard InChI is InChI=1S/C6H11N3O/c1-6(2,5-10)9-4-3-7-8-9/h3-4,10H,5H2,1-2H3. The SMILES string of the molecule is CC(C)(CO)n1ccnn1. The van der Waals surface area contributed by atoms with E-state index in [9.17, 15) is 0 Å². The molecule has 0 amide bonds. The van der Waals surface area contributed by atoms with Gasteiger partial charge in [-0.2, -0.15) is 0 Å². The number of aromatic nitrogens is 3. The van der Waals surface area contributed by atoms with Gasteiger partial charge >= 0.3 is 0 Å². The number of aliphatic hydroxyl groups excluding tert-OH is 1. The number of aliphatic hydroxyl groups is 1. The molecule has 0 aliphatic rings. The van der Waals surface area contributed by atoms with Crippen LogP contribution in [0.5, 0.6) is 0 Å². The number of hydrogen-bond donors (Lipinski definition) is 1. The van der Waals surface area contributed by atoms with Gasteiger partial charge in [0.25, 0.3) is 0 Å². The van der Waals surface area contributed by atoms with Crippen LogP contribution in [0.15, 0.2) is 12.4 Å². The normalized spacial score (nSPS) is 11.9. The fourth-order valence-electron chi connectivity index (χ4n) is 0.604. The molecular weight excluding hydrogens is 130 g/mol. The van der Waals surface area contributed by atoms with E-state index in [0.29, 0.717) is 0 Å². The lowest BCUT2D eigenvalue weighted by molar-refractivity contribution is 0.150. The first kappa shape index (κ1) is 7.21. The first-order valence-corrected chi connectivity index (χ1v) is 3.14. The van der Waals surface area contributed by atoms with E-state index in [4.69, 9.17) is 5.11 Å². The van der Waals surface area contributed by atoms with Crippen molar-refractivity contribution in [2.24, 2.45) is 0 Å². The highest BCUT2D eigenvalue weighted by atomic mass is 16.3. The minimum Gasteiger partial charge on any atom is -0.394 e. The van der Waals surface area contributed by atoms with Crippen LogP contribution >= 0.6 is 0 Å². The molecule has 0 aliphatic carbocycles. The molecule has 4 heteroatoms. The lowest BCUT2D eigenvalue weighted by Crippen LogP contribution is -2.30. The van der Waals surface area contributed by atoms with E-state index in [1.807, 2.05) is 13.8 Å². The molecule has 1 heterocycles. The second kappa shape index (κ2) is 2.38. The van der Waals surface area contributed by atoms with Crippen LogP contribution in [-0.2, 0) is 5.54 Å². The van der Waals surface area contributed by atoms with Crippen LogP contribution in [0.3, 0.4) is 0 Å². The maximum Gasteiger partial charge on any atom is 0.0818 e. The second-order valence-corrected chi connectivity index (χ2v) is 2.82. The van der Waals surface area contributed by atoms with E-state index >= 15 is 0 Å². The van der Waals surface area contributed by atoms with Crippen molar-refractivity contribution < 1.29 is 5.11 Å². The van der Waals surface area contributed by atoms with Crippen molar-refractivity contribution in [1.29, 1.82) is 0 Å². The lowest BCUT2D eigenvalue weighted by Gasteiger charge is -2.20. The Bertz CT molecular complexity index is 193. The largest absolute Gasteiger partial charge is 0.394 e. The van der Waals surface area contributed by atoms with Crippen LogP contribution in [0.2, 0.25) is 0 Å². The summed E-state index contributed by atoms with van der Waals surface area (Å²) in [5, 5.41) is 16.3.